The van der Waals surface area contributed by atoms with Crippen LogP contribution >= 0.6 is 11.6 Å². The van der Waals surface area contributed by atoms with Crippen molar-refractivity contribution in [1.82, 2.24) is 9.80 Å². The third kappa shape index (κ3) is 5.74. The molecule has 1 fully saturated rings. The number of halogens is 1. The summed E-state index contributed by atoms with van der Waals surface area (Å²) in [5.41, 5.74) is 0.919. The molecule has 0 unspecified atom stereocenters. The smallest absolute Gasteiger partial charge is 0.340 e. The Kier molecular flexibility index (Phi) is 7.33. The van der Waals surface area contributed by atoms with Crippen LogP contribution in [0.1, 0.15) is 27.9 Å². The van der Waals surface area contributed by atoms with Crippen LogP contribution in [-0.2, 0) is 6.54 Å². The van der Waals surface area contributed by atoms with E-state index >= 15 is 0 Å². The molecule has 1 aromatic heterocycles. The number of rotatable bonds is 8. The molecule has 0 saturated carbocycles. The molecular weight excluding hydrogens is 444 g/mol. The van der Waals surface area contributed by atoms with Crippen LogP contribution in [0.2, 0.25) is 5.02 Å². The van der Waals surface area contributed by atoms with Crippen molar-refractivity contribution in [3.8, 4) is 5.75 Å². The predicted octanol–water partition coefficient (Wildman–Crippen LogP) is 4.04. The molecule has 174 valence electrons. The number of ether oxygens (including phenoxy) is 1. The summed E-state index contributed by atoms with van der Waals surface area (Å²) in [6.45, 7) is 7.96. The molecule has 1 N–H and O–H groups in total. The highest BCUT2D eigenvalue weighted by Crippen LogP contribution is 2.24. The second-order valence-electron chi connectivity index (χ2n) is 8.30. The van der Waals surface area contributed by atoms with Crippen molar-refractivity contribution in [3.05, 3.63) is 74.6 Å². The lowest BCUT2D eigenvalue weighted by Crippen LogP contribution is -2.46. The molecule has 1 saturated heterocycles. The number of carbonyl (C=O) groups is 1. The molecule has 0 aliphatic carbocycles. The zero-order valence-corrected chi connectivity index (χ0v) is 19.3. The molecule has 0 atom stereocenters. The molecule has 3 aromatic rings. The van der Waals surface area contributed by atoms with E-state index in [1.807, 2.05) is 12.1 Å². The Hall–Kier alpha value is -2.87. The Morgan fingerprint density at radius 2 is 1.79 bits per heavy atom. The fourth-order valence-corrected chi connectivity index (χ4v) is 4.26. The number of carboxylic acids is 1. The second kappa shape index (κ2) is 10.4. The Bertz CT molecular complexity index is 1180. The average Bonchev–Trinajstić information content (AvgIpc) is 2.80. The number of benzene rings is 2. The molecule has 2 heterocycles. The summed E-state index contributed by atoms with van der Waals surface area (Å²) >= 11 is 5.96. The van der Waals surface area contributed by atoms with Crippen molar-refractivity contribution in [2.45, 2.75) is 19.9 Å². The molecule has 7 nitrogen and oxygen atoms in total. The van der Waals surface area contributed by atoms with Gasteiger partial charge in [-0.15, -0.1) is 0 Å². The third-order valence-corrected chi connectivity index (χ3v) is 6.24. The fraction of sp³-hybridized carbons (Fsp3) is 0.360. The maximum Gasteiger partial charge on any atom is 0.340 e. The van der Waals surface area contributed by atoms with E-state index in [1.54, 1.807) is 18.2 Å². The van der Waals surface area contributed by atoms with Crippen LogP contribution < -0.4 is 10.4 Å². The second-order valence-corrected chi connectivity index (χ2v) is 8.74. The van der Waals surface area contributed by atoms with Gasteiger partial charge in [0, 0.05) is 61.3 Å². The molecule has 0 spiro atoms. The lowest BCUT2D eigenvalue weighted by molar-refractivity contribution is 0.0697. The molecule has 0 amide bonds. The van der Waals surface area contributed by atoms with Gasteiger partial charge in [0.05, 0.1) is 12.2 Å². The monoisotopic (exact) mass is 470 g/mol. The van der Waals surface area contributed by atoms with Crippen LogP contribution in [0.3, 0.4) is 0 Å². The van der Waals surface area contributed by atoms with E-state index < -0.39 is 11.6 Å². The summed E-state index contributed by atoms with van der Waals surface area (Å²) in [4.78, 5) is 28.4. The molecule has 33 heavy (non-hydrogen) atoms. The van der Waals surface area contributed by atoms with Crippen molar-refractivity contribution >= 4 is 28.5 Å². The minimum Gasteiger partial charge on any atom is -0.493 e. The molecule has 1 aliphatic heterocycles. The van der Waals surface area contributed by atoms with Gasteiger partial charge >= 0.3 is 11.6 Å². The van der Waals surface area contributed by atoms with Gasteiger partial charge in [-0.1, -0.05) is 23.7 Å². The highest BCUT2D eigenvalue weighted by Gasteiger charge is 2.18. The number of aromatic carboxylic acids is 1. The number of fused-ring (bicyclic) bond motifs is 1. The highest BCUT2D eigenvalue weighted by atomic mass is 35.5. The lowest BCUT2D eigenvalue weighted by Gasteiger charge is -2.34. The van der Waals surface area contributed by atoms with Gasteiger partial charge in [-0.05, 0) is 43.2 Å². The van der Waals surface area contributed by atoms with Gasteiger partial charge in [0.25, 0.3) is 0 Å². The van der Waals surface area contributed by atoms with Gasteiger partial charge in [0.1, 0.15) is 11.3 Å². The largest absolute Gasteiger partial charge is 0.493 e. The summed E-state index contributed by atoms with van der Waals surface area (Å²) in [6, 6.07) is 12.9. The minimum absolute atomic E-state index is 0.0250. The summed E-state index contributed by atoms with van der Waals surface area (Å²) < 4.78 is 11.1. The quantitative estimate of drug-likeness (QED) is 0.393. The van der Waals surface area contributed by atoms with Crippen molar-refractivity contribution < 1.29 is 19.1 Å². The molecule has 0 bridgehead atoms. The Balaban J connectivity index is 1.24. The van der Waals surface area contributed by atoms with Crippen LogP contribution in [0.15, 0.2) is 51.7 Å². The van der Waals surface area contributed by atoms with E-state index in [0.717, 1.165) is 50.7 Å². The summed E-state index contributed by atoms with van der Waals surface area (Å²) in [6.07, 6.45) is 0.868. The zero-order valence-electron chi connectivity index (χ0n) is 18.6. The first-order chi connectivity index (χ1) is 15.9. The predicted molar refractivity (Wildman–Crippen MR) is 127 cm³/mol. The molecule has 1 aliphatic rings. The summed E-state index contributed by atoms with van der Waals surface area (Å²) in [7, 11) is 0. The van der Waals surface area contributed by atoms with Crippen LogP contribution in [0.5, 0.6) is 5.75 Å². The van der Waals surface area contributed by atoms with E-state index in [0.29, 0.717) is 17.7 Å². The van der Waals surface area contributed by atoms with Crippen molar-refractivity contribution in [1.29, 1.82) is 0 Å². The van der Waals surface area contributed by atoms with Gasteiger partial charge < -0.3 is 19.2 Å². The maximum atomic E-state index is 12.0. The normalized spacial score (nSPS) is 15.1. The number of hydrogen-bond acceptors (Lipinski definition) is 6. The Morgan fingerprint density at radius 1 is 1.09 bits per heavy atom. The Labute approximate surface area is 197 Å². The van der Waals surface area contributed by atoms with Crippen LogP contribution in [0.4, 0.5) is 0 Å². The van der Waals surface area contributed by atoms with Gasteiger partial charge in [-0.25, -0.2) is 9.59 Å². The average molecular weight is 471 g/mol. The number of piperazine rings is 1. The van der Waals surface area contributed by atoms with Crippen LogP contribution in [-0.4, -0.2) is 60.2 Å². The maximum absolute atomic E-state index is 12.0. The molecule has 0 radical (unpaired) electrons. The molecule has 4 rings (SSSR count). The first kappa shape index (κ1) is 23.3. The summed E-state index contributed by atoms with van der Waals surface area (Å²) in [5.74, 6) is -0.592. The Morgan fingerprint density at radius 3 is 2.48 bits per heavy atom. The van der Waals surface area contributed by atoms with Gasteiger partial charge in [0.15, 0.2) is 0 Å². The van der Waals surface area contributed by atoms with Crippen LogP contribution in [0, 0.1) is 6.92 Å². The topological polar surface area (TPSA) is 83.2 Å². The SMILES string of the molecule is Cc1c(C(=O)O)c2ccc(OCCCN3CCN(Cc4ccc(Cl)cc4)CC3)cc2oc1=O. The third-order valence-electron chi connectivity index (χ3n) is 5.99. The van der Waals surface area contributed by atoms with E-state index in [9.17, 15) is 14.7 Å². The van der Waals surface area contributed by atoms with Gasteiger partial charge in [0.2, 0.25) is 0 Å². The molecule has 8 heteroatoms. The number of nitrogens with zero attached hydrogens (tertiary/aromatic N) is 2. The minimum atomic E-state index is -1.15. The number of hydrogen-bond donors (Lipinski definition) is 1. The first-order valence-corrected chi connectivity index (χ1v) is 11.4. The van der Waals surface area contributed by atoms with Gasteiger partial charge in [-0.3, -0.25) is 4.90 Å². The van der Waals surface area contributed by atoms with E-state index in [1.165, 1.54) is 12.5 Å². The summed E-state index contributed by atoms with van der Waals surface area (Å²) in [5, 5.41) is 10.6. The van der Waals surface area contributed by atoms with Crippen LogP contribution in [0.25, 0.3) is 11.0 Å². The van der Waals surface area contributed by atoms with E-state index in [-0.39, 0.29) is 16.7 Å². The van der Waals surface area contributed by atoms with E-state index in [4.69, 9.17) is 20.8 Å². The standard InChI is InChI=1S/C25H27ClN2O5/c1-17-23(24(29)30)21-8-7-20(15-22(21)33-25(17)31)32-14-2-9-27-10-12-28(13-11-27)16-18-3-5-19(26)6-4-18/h3-8,15H,2,9-14,16H2,1H3,(H,29,30). The lowest BCUT2D eigenvalue weighted by atomic mass is 10.1. The van der Waals surface area contributed by atoms with Crippen molar-refractivity contribution in [3.63, 3.8) is 0 Å². The highest BCUT2D eigenvalue weighted by molar-refractivity contribution is 6.30. The molecule has 2 aromatic carbocycles. The van der Waals surface area contributed by atoms with Crippen molar-refractivity contribution in [2.24, 2.45) is 0 Å². The number of carboxylic acid groups (broad SMARTS) is 1. The van der Waals surface area contributed by atoms with E-state index in [2.05, 4.69) is 21.9 Å². The van der Waals surface area contributed by atoms with Gasteiger partial charge in [-0.2, -0.15) is 0 Å². The zero-order chi connectivity index (χ0) is 23.4. The fourth-order valence-electron chi connectivity index (χ4n) is 4.14. The molecular formula is C25H27ClN2O5. The van der Waals surface area contributed by atoms with Crippen molar-refractivity contribution in [2.75, 3.05) is 39.3 Å². The first-order valence-electron chi connectivity index (χ1n) is 11.0.